The summed E-state index contributed by atoms with van der Waals surface area (Å²) in [7, 11) is 0. The van der Waals surface area contributed by atoms with Gasteiger partial charge in [0, 0.05) is 54.6 Å². The number of pyridine rings is 2. The average Bonchev–Trinajstić information content (AvgIpc) is 3.07. The summed E-state index contributed by atoms with van der Waals surface area (Å²) in [6.45, 7) is 18.6. The Morgan fingerprint density at radius 1 is 0.783 bits per heavy atom. The first-order chi connectivity index (χ1) is 22.3. The van der Waals surface area contributed by atoms with Crippen molar-refractivity contribution in [1.82, 2.24) is 9.97 Å². The molecule has 0 saturated heterocycles. The second kappa shape index (κ2) is 12.0. The van der Waals surface area contributed by atoms with E-state index < -0.39 is 0 Å². The molecule has 5 aromatic rings. The molecular formula is C40H39N5O. The number of nitrogens with zero attached hydrogens (tertiary/aromatic N) is 5. The van der Waals surface area contributed by atoms with E-state index in [0.717, 1.165) is 84.2 Å². The molecule has 4 heterocycles. The molecule has 2 aliphatic heterocycles. The lowest BCUT2D eigenvalue weighted by molar-refractivity contribution is 0.482. The third kappa shape index (κ3) is 5.70. The molecule has 0 fully saturated rings. The molecule has 46 heavy (non-hydrogen) atoms. The summed E-state index contributed by atoms with van der Waals surface area (Å²) in [5.41, 5.74) is 9.87. The van der Waals surface area contributed by atoms with Crippen LogP contribution in [0.5, 0.6) is 11.5 Å². The minimum Gasteiger partial charge on any atom is -0.459 e. The molecule has 0 N–H and O–H groups in total. The fourth-order valence-corrected chi connectivity index (χ4v) is 6.68. The van der Waals surface area contributed by atoms with Crippen LogP contribution in [0.15, 0.2) is 91.3 Å². The number of hydrogen-bond acceptors (Lipinski definition) is 5. The van der Waals surface area contributed by atoms with Crippen molar-refractivity contribution in [2.45, 2.75) is 58.8 Å². The van der Waals surface area contributed by atoms with Gasteiger partial charge in [0.2, 0.25) is 0 Å². The van der Waals surface area contributed by atoms with Gasteiger partial charge in [-0.15, -0.1) is 0 Å². The molecule has 0 saturated carbocycles. The third-order valence-corrected chi connectivity index (χ3v) is 9.15. The van der Waals surface area contributed by atoms with Gasteiger partial charge in [-0.25, -0.2) is 14.8 Å². The highest BCUT2D eigenvalue weighted by molar-refractivity contribution is 5.77. The molecule has 0 aliphatic carbocycles. The zero-order chi connectivity index (χ0) is 31.8. The van der Waals surface area contributed by atoms with E-state index in [1.165, 1.54) is 16.7 Å². The van der Waals surface area contributed by atoms with Crippen LogP contribution in [0.1, 0.15) is 55.9 Å². The van der Waals surface area contributed by atoms with E-state index in [9.17, 15) is 0 Å². The van der Waals surface area contributed by atoms with Crippen LogP contribution < -0.4 is 14.5 Å². The Morgan fingerprint density at radius 3 is 2.28 bits per heavy atom. The Labute approximate surface area is 272 Å². The predicted molar refractivity (Wildman–Crippen MR) is 187 cm³/mol. The van der Waals surface area contributed by atoms with Crippen LogP contribution in [0, 0.1) is 13.5 Å². The van der Waals surface area contributed by atoms with E-state index in [-0.39, 0.29) is 5.41 Å². The van der Waals surface area contributed by atoms with Crippen molar-refractivity contribution < 1.29 is 4.74 Å². The van der Waals surface area contributed by atoms with Crippen LogP contribution in [0.25, 0.3) is 16.0 Å². The van der Waals surface area contributed by atoms with Gasteiger partial charge in [-0.05, 0) is 96.2 Å². The maximum atomic E-state index is 8.02. The second-order valence-electron chi connectivity index (χ2n) is 13.3. The standard InChI is InChI=1S/C40H39N5O/c1-27-21-38(43-26-34(27)28-11-7-6-8-12-28)45-20-10-14-33-35(41-5)23-32(25-37(33)45)46-31-16-15-29-13-9-19-44(36(29)24-31)39-22-30(17-18-42-39)40(2,3)4/h6-8,11-12,15-18,21-26H,9-10,13-14,19-20H2,1-4H3. The summed E-state index contributed by atoms with van der Waals surface area (Å²) in [6.07, 6.45) is 7.80. The molecule has 0 bridgehead atoms. The molecule has 230 valence electrons. The van der Waals surface area contributed by atoms with Gasteiger partial charge in [0.05, 0.1) is 6.57 Å². The lowest BCUT2D eigenvalue weighted by atomic mass is 9.87. The van der Waals surface area contributed by atoms with E-state index in [1.807, 2.05) is 30.6 Å². The normalized spacial score (nSPS) is 14.3. The van der Waals surface area contributed by atoms with Gasteiger partial charge < -0.3 is 14.5 Å². The second-order valence-corrected chi connectivity index (χ2v) is 13.3. The molecule has 0 amide bonds. The Bertz CT molecular complexity index is 1950. The maximum absolute atomic E-state index is 8.02. The van der Waals surface area contributed by atoms with Crippen LogP contribution in [0.3, 0.4) is 0 Å². The van der Waals surface area contributed by atoms with Crippen molar-refractivity contribution in [2.24, 2.45) is 0 Å². The van der Waals surface area contributed by atoms with Gasteiger partial charge in [0.25, 0.3) is 0 Å². The largest absolute Gasteiger partial charge is 0.459 e. The lowest BCUT2D eigenvalue weighted by Crippen LogP contribution is -2.26. The Kier molecular flexibility index (Phi) is 7.70. The lowest BCUT2D eigenvalue weighted by Gasteiger charge is -2.32. The van der Waals surface area contributed by atoms with Gasteiger partial charge in [-0.1, -0.05) is 57.2 Å². The third-order valence-electron chi connectivity index (χ3n) is 9.15. The van der Waals surface area contributed by atoms with Crippen LogP contribution in [-0.4, -0.2) is 23.1 Å². The molecule has 0 atom stereocenters. The molecule has 0 radical (unpaired) electrons. The van der Waals surface area contributed by atoms with E-state index in [4.69, 9.17) is 21.3 Å². The van der Waals surface area contributed by atoms with Gasteiger partial charge in [0.15, 0.2) is 5.69 Å². The van der Waals surface area contributed by atoms with Crippen LogP contribution in [0.2, 0.25) is 0 Å². The van der Waals surface area contributed by atoms with Crippen molar-refractivity contribution in [3.63, 3.8) is 0 Å². The quantitative estimate of drug-likeness (QED) is 0.187. The summed E-state index contributed by atoms with van der Waals surface area (Å²) in [6, 6.07) is 27.2. The summed E-state index contributed by atoms with van der Waals surface area (Å²) >= 11 is 0. The Balaban J connectivity index is 1.22. The predicted octanol–water partition coefficient (Wildman–Crippen LogP) is 10.3. The van der Waals surface area contributed by atoms with E-state index in [2.05, 4.69) is 103 Å². The Hall–Kier alpha value is -5.15. The molecule has 0 spiro atoms. The van der Waals surface area contributed by atoms with Gasteiger partial charge >= 0.3 is 0 Å². The minimum absolute atomic E-state index is 0.0420. The summed E-state index contributed by atoms with van der Waals surface area (Å²) < 4.78 is 6.56. The maximum Gasteiger partial charge on any atom is 0.196 e. The number of fused-ring (bicyclic) bond motifs is 2. The van der Waals surface area contributed by atoms with E-state index >= 15 is 0 Å². The number of aryl methyl sites for hydroxylation is 2. The molecule has 7 rings (SSSR count). The monoisotopic (exact) mass is 605 g/mol. The van der Waals surface area contributed by atoms with Gasteiger partial charge in [-0.2, -0.15) is 0 Å². The summed E-state index contributed by atoms with van der Waals surface area (Å²) in [5.74, 6) is 3.26. The molecular weight excluding hydrogens is 566 g/mol. The number of ether oxygens (including phenoxy) is 1. The highest BCUT2D eigenvalue weighted by Gasteiger charge is 2.25. The first-order valence-electron chi connectivity index (χ1n) is 16.2. The van der Waals surface area contributed by atoms with Crippen molar-refractivity contribution in [3.8, 4) is 22.6 Å². The fourth-order valence-electron chi connectivity index (χ4n) is 6.68. The number of benzene rings is 3. The van der Waals surface area contributed by atoms with Crippen LogP contribution >= 0.6 is 0 Å². The highest BCUT2D eigenvalue weighted by Crippen LogP contribution is 2.44. The number of aromatic nitrogens is 2. The molecule has 2 aromatic heterocycles. The highest BCUT2D eigenvalue weighted by atomic mass is 16.5. The van der Waals surface area contributed by atoms with Crippen molar-refractivity contribution >= 4 is 28.7 Å². The number of hydrogen-bond donors (Lipinski definition) is 0. The first-order valence-corrected chi connectivity index (χ1v) is 16.2. The van der Waals surface area contributed by atoms with Crippen LogP contribution in [0.4, 0.5) is 28.7 Å². The molecule has 6 heteroatoms. The topological polar surface area (TPSA) is 45.9 Å². The van der Waals surface area contributed by atoms with Crippen molar-refractivity contribution in [2.75, 3.05) is 22.9 Å². The number of anilines is 4. The summed E-state index contributed by atoms with van der Waals surface area (Å²) in [4.78, 5) is 18.2. The molecule has 0 unspecified atom stereocenters. The molecule has 2 aliphatic rings. The minimum atomic E-state index is 0.0420. The van der Waals surface area contributed by atoms with Gasteiger partial charge in [0.1, 0.15) is 23.1 Å². The number of rotatable bonds is 5. The molecule has 3 aromatic carbocycles. The van der Waals surface area contributed by atoms with Crippen molar-refractivity contribution in [1.29, 1.82) is 0 Å². The smallest absolute Gasteiger partial charge is 0.196 e. The van der Waals surface area contributed by atoms with Crippen molar-refractivity contribution in [3.05, 3.63) is 125 Å². The zero-order valence-corrected chi connectivity index (χ0v) is 27.0. The SMILES string of the molecule is [C-]#[N+]c1cc(Oc2ccc3c(c2)N(c2cc(C(C)(C)C)ccn2)CCC3)cc2c1CCCN2c1cc(C)c(-c2ccccc2)cn1. The average molecular weight is 606 g/mol. The zero-order valence-electron chi connectivity index (χ0n) is 27.0. The van der Waals surface area contributed by atoms with Crippen LogP contribution in [-0.2, 0) is 18.3 Å². The first kappa shape index (κ1) is 29.6. The molecule has 6 nitrogen and oxygen atoms in total. The van der Waals surface area contributed by atoms with E-state index in [1.54, 1.807) is 0 Å². The van der Waals surface area contributed by atoms with E-state index in [0.29, 0.717) is 11.4 Å². The summed E-state index contributed by atoms with van der Waals surface area (Å²) in [5, 5.41) is 0. The fraction of sp³-hybridized carbons (Fsp3) is 0.275. The Morgan fingerprint density at radius 2 is 1.52 bits per heavy atom. The van der Waals surface area contributed by atoms with Gasteiger partial charge in [-0.3, -0.25) is 0 Å².